The van der Waals surface area contributed by atoms with Crippen molar-refractivity contribution in [2.75, 3.05) is 12.4 Å². The number of aromatic nitrogens is 3. The van der Waals surface area contributed by atoms with Gasteiger partial charge in [-0.05, 0) is 20.8 Å². The number of carbonyl (C=O) groups excluding carboxylic acids is 2. The van der Waals surface area contributed by atoms with Crippen LogP contribution in [0.2, 0.25) is 0 Å². The number of amides is 1. The molecule has 25 heavy (non-hydrogen) atoms. The fourth-order valence-corrected chi connectivity index (χ4v) is 2.96. The number of nitrogens with zero attached hydrogens (tertiary/aromatic N) is 3. The summed E-state index contributed by atoms with van der Waals surface area (Å²) in [7, 11) is 0. The van der Waals surface area contributed by atoms with Crippen molar-refractivity contribution in [1.29, 1.82) is 0 Å². The van der Waals surface area contributed by atoms with Crippen molar-refractivity contribution in [3.8, 4) is 11.4 Å². The summed E-state index contributed by atoms with van der Waals surface area (Å²) in [6.45, 7) is 6.10. The number of rotatable bonds is 8. The lowest BCUT2D eigenvalue weighted by molar-refractivity contribution is -0.146. The van der Waals surface area contributed by atoms with E-state index in [9.17, 15) is 9.59 Å². The Balaban J connectivity index is 1.92. The van der Waals surface area contributed by atoms with E-state index in [-0.39, 0.29) is 24.3 Å². The SMILES string of the molecule is CCn1c(SCC(=O)OCC(=O)NC(C)C)nnc1-c1ccccc1. The number of carbonyl (C=O) groups is 2. The lowest BCUT2D eigenvalue weighted by Gasteiger charge is -2.09. The summed E-state index contributed by atoms with van der Waals surface area (Å²) in [6, 6.07) is 9.77. The van der Waals surface area contributed by atoms with Gasteiger partial charge in [0, 0.05) is 18.2 Å². The van der Waals surface area contributed by atoms with Gasteiger partial charge in [-0.1, -0.05) is 42.1 Å². The maximum atomic E-state index is 11.8. The smallest absolute Gasteiger partial charge is 0.316 e. The molecule has 0 fully saturated rings. The molecular weight excluding hydrogens is 340 g/mol. The molecule has 0 aliphatic rings. The highest BCUT2D eigenvalue weighted by molar-refractivity contribution is 7.99. The molecule has 0 bridgehead atoms. The molecule has 7 nitrogen and oxygen atoms in total. The largest absolute Gasteiger partial charge is 0.455 e. The Morgan fingerprint density at radius 1 is 1.24 bits per heavy atom. The molecule has 2 rings (SSSR count). The van der Waals surface area contributed by atoms with Gasteiger partial charge in [-0.3, -0.25) is 9.59 Å². The summed E-state index contributed by atoms with van der Waals surface area (Å²) in [5.41, 5.74) is 0.969. The van der Waals surface area contributed by atoms with Gasteiger partial charge in [0.25, 0.3) is 5.91 Å². The highest BCUT2D eigenvalue weighted by atomic mass is 32.2. The average Bonchev–Trinajstić information content (AvgIpc) is 3.01. The number of nitrogens with one attached hydrogen (secondary N) is 1. The Bertz CT molecular complexity index is 716. The molecule has 1 heterocycles. The summed E-state index contributed by atoms with van der Waals surface area (Å²) in [6.07, 6.45) is 0. The van der Waals surface area contributed by atoms with Gasteiger partial charge in [-0.15, -0.1) is 10.2 Å². The molecular formula is C17H22N4O3S. The molecule has 0 atom stereocenters. The van der Waals surface area contributed by atoms with E-state index in [1.807, 2.05) is 55.7 Å². The van der Waals surface area contributed by atoms with E-state index >= 15 is 0 Å². The molecule has 0 spiro atoms. The number of thioether (sulfide) groups is 1. The summed E-state index contributed by atoms with van der Waals surface area (Å²) in [5, 5.41) is 11.7. The van der Waals surface area contributed by atoms with Crippen LogP contribution in [0.1, 0.15) is 20.8 Å². The predicted octanol–water partition coefficient (Wildman–Crippen LogP) is 2.12. The first-order valence-electron chi connectivity index (χ1n) is 8.07. The maximum absolute atomic E-state index is 11.8. The van der Waals surface area contributed by atoms with Crippen LogP contribution in [-0.4, -0.2) is 45.0 Å². The molecule has 0 saturated carbocycles. The minimum absolute atomic E-state index is 0.0140. The van der Waals surface area contributed by atoms with Gasteiger partial charge < -0.3 is 14.6 Å². The Labute approximate surface area is 151 Å². The van der Waals surface area contributed by atoms with Crippen molar-refractivity contribution >= 4 is 23.6 Å². The lowest BCUT2D eigenvalue weighted by atomic mass is 10.2. The lowest BCUT2D eigenvalue weighted by Crippen LogP contribution is -2.34. The van der Waals surface area contributed by atoms with E-state index in [4.69, 9.17) is 4.74 Å². The third kappa shape index (κ3) is 5.60. The van der Waals surface area contributed by atoms with Gasteiger partial charge in [0.2, 0.25) is 0 Å². The fraction of sp³-hybridized carbons (Fsp3) is 0.412. The van der Waals surface area contributed by atoms with Crippen molar-refractivity contribution < 1.29 is 14.3 Å². The van der Waals surface area contributed by atoms with E-state index in [0.29, 0.717) is 11.7 Å². The first-order chi connectivity index (χ1) is 12.0. The molecule has 0 radical (unpaired) electrons. The molecule has 1 aromatic heterocycles. The minimum atomic E-state index is -0.462. The molecule has 0 aliphatic heterocycles. The van der Waals surface area contributed by atoms with Crippen LogP contribution in [0.5, 0.6) is 0 Å². The maximum Gasteiger partial charge on any atom is 0.316 e. The monoisotopic (exact) mass is 362 g/mol. The van der Waals surface area contributed by atoms with Gasteiger partial charge in [0.1, 0.15) is 0 Å². The number of esters is 1. The van der Waals surface area contributed by atoms with E-state index in [0.717, 1.165) is 11.4 Å². The zero-order valence-corrected chi connectivity index (χ0v) is 15.4. The van der Waals surface area contributed by atoms with Crippen LogP contribution in [0, 0.1) is 0 Å². The number of ether oxygens (including phenoxy) is 1. The summed E-state index contributed by atoms with van der Waals surface area (Å²) in [4.78, 5) is 23.3. The number of hydrogen-bond acceptors (Lipinski definition) is 6. The summed E-state index contributed by atoms with van der Waals surface area (Å²) in [5.74, 6) is 0.0598. The first-order valence-corrected chi connectivity index (χ1v) is 9.06. The molecule has 1 N–H and O–H groups in total. The Kier molecular flexibility index (Phi) is 7.00. The van der Waals surface area contributed by atoms with E-state index < -0.39 is 5.97 Å². The summed E-state index contributed by atoms with van der Waals surface area (Å²) < 4.78 is 6.91. The third-order valence-electron chi connectivity index (χ3n) is 3.20. The van der Waals surface area contributed by atoms with Gasteiger partial charge >= 0.3 is 5.97 Å². The van der Waals surface area contributed by atoms with Crippen molar-refractivity contribution in [3.05, 3.63) is 30.3 Å². The standard InChI is InChI=1S/C17H22N4O3S/c1-4-21-16(13-8-6-5-7-9-13)19-20-17(21)25-11-15(23)24-10-14(22)18-12(2)3/h5-9,12H,4,10-11H2,1-3H3,(H,18,22). The van der Waals surface area contributed by atoms with E-state index in [1.54, 1.807) is 0 Å². The molecule has 0 aliphatic carbocycles. The number of benzene rings is 1. The first kappa shape index (κ1) is 19.0. The zero-order chi connectivity index (χ0) is 18.2. The van der Waals surface area contributed by atoms with Crippen LogP contribution in [0.15, 0.2) is 35.5 Å². The second-order valence-corrected chi connectivity index (χ2v) is 6.53. The van der Waals surface area contributed by atoms with Crippen LogP contribution in [0.25, 0.3) is 11.4 Å². The molecule has 1 aromatic carbocycles. The molecule has 0 saturated heterocycles. The van der Waals surface area contributed by atoms with Crippen molar-refractivity contribution in [3.63, 3.8) is 0 Å². The Morgan fingerprint density at radius 2 is 1.96 bits per heavy atom. The molecule has 8 heteroatoms. The quantitative estimate of drug-likeness (QED) is 0.572. The summed E-state index contributed by atoms with van der Waals surface area (Å²) >= 11 is 1.24. The van der Waals surface area contributed by atoms with Crippen molar-refractivity contribution in [1.82, 2.24) is 20.1 Å². The van der Waals surface area contributed by atoms with Crippen LogP contribution < -0.4 is 5.32 Å². The third-order valence-corrected chi connectivity index (χ3v) is 4.14. The second kappa shape index (κ2) is 9.22. The van der Waals surface area contributed by atoms with Crippen LogP contribution in [-0.2, 0) is 20.9 Å². The zero-order valence-electron chi connectivity index (χ0n) is 14.6. The molecule has 1 amide bonds. The van der Waals surface area contributed by atoms with Gasteiger partial charge in [0.05, 0.1) is 5.75 Å². The second-order valence-electron chi connectivity index (χ2n) is 5.59. The highest BCUT2D eigenvalue weighted by Crippen LogP contribution is 2.23. The Morgan fingerprint density at radius 3 is 2.60 bits per heavy atom. The van der Waals surface area contributed by atoms with Crippen LogP contribution in [0.4, 0.5) is 0 Å². The van der Waals surface area contributed by atoms with E-state index in [2.05, 4.69) is 15.5 Å². The van der Waals surface area contributed by atoms with Crippen LogP contribution >= 0.6 is 11.8 Å². The number of hydrogen-bond donors (Lipinski definition) is 1. The van der Waals surface area contributed by atoms with Gasteiger partial charge in [-0.25, -0.2) is 0 Å². The van der Waals surface area contributed by atoms with Gasteiger partial charge in [0.15, 0.2) is 17.6 Å². The van der Waals surface area contributed by atoms with Crippen molar-refractivity contribution in [2.45, 2.75) is 38.5 Å². The topological polar surface area (TPSA) is 86.1 Å². The van der Waals surface area contributed by atoms with Crippen LogP contribution in [0.3, 0.4) is 0 Å². The minimum Gasteiger partial charge on any atom is -0.455 e. The highest BCUT2D eigenvalue weighted by Gasteiger charge is 2.15. The van der Waals surface area contributed by atoms with E-state index in [1.165, 1.54) is 11.8 Å². The normalized spacial score (nSPS) is 10.7. The average molecular weight is 362 g/mol. The van der Waals surface area contributed by atoms with Crippen molar-refractivity contribution in [2.24, 2.45) is 0 Å². The molecule has 134 valence electrons. The Hall–Kier alpha value is -2.35. The predicted molar refractivity (Wildman–Crippen MR) is 96.1 cm³/mol. The molecule has 2 aromatic rings. The fourth-order valence-electron chi connectivity index (χ4n) is 2.16. The molecule has 0 unspecified atom stereocenters. The van der Waals surface area contributed by atoms with Gasteiger partial charge in [-0.2, -0.15) is 0 Å².